The van der Waals surface area contributed by atoms with E-state index in [4.69, 9.17) is 11.6 Å². The molecule has 1 aromatic carbocycles. The molecule has 0 saturated carbocycles. The Bertz CT molecular complexity index is 496. The van der Waals surface area contributed by atoms with E-state index in [0.29, 0.717) is 5.02 Å². The smallest absolute Gasteiger partial charge is 0.207 e. The molecule has 1 aromatic heterocycles. The fraction of sp³-hybridized carbons (Fsp3) is 0.182. The summed E-state index contributed by atoms with van der Waals surface area (Å²) in [5, 5.41) is 3.93. The van der Waals surface area contributed by atoms with Crippen molar-refractivity contribution >= 4 is 39.2 Å². The largest absolute Gasteiger partial charge is 0.326 e. The topological polar surface area (TPSA) is 29.9 Å². The Balaban J connectivity index is 2.24. The Kier molecular flexibility index (Phi) is 3.51. The van der Waals surface area contributed by atoms with Gasteiger partial charge < -0.3 is 9.88 Å². The van der Waals surface area contributed by atoms with Gasteiger partial charge in [0.2, 0.25) is 5.95 Å². The number of nitrogens with zero attached hydrogens (tertiary/aromatic N) is 2. The SMILES string of the molecule is CCn1ccnc1Nc1ccc(Cl)c(Br)c1. The Labute approximate surface area is 108 Å². The van der Waals surface area contributed by atoms with Crippen LogP contribution in [0.3, 0.4) is 0 Å². The lowest BCUT2D eigenvalue weighted by molar-refractivity contribution is 0.772. The van der Waals surface area contributed by atoms with Crippen molar-refractivity contribution in [2.24, 2.45) is 0 Å². The number of hydrogen-bond acceptors (Lipinski definition) is 2. The second-order valence-corrected chi connectivity index (χ2v) is 4.55. The van der Waals surface area contributed by atoms with Crippen molar-refractivity contribution in [1.29, 1.82) is 0 Å². The number of benzene rings is 1. The van der Waals surface area contributed by atoms with Crippen molar-refractivity contribution in [2.75, 3.05) is 5.32 Å². The molecule has 0 saturated heterocycles. The first kappa shape index (κ1) is 11.5. The molecule has 0 radical (unpaired) electrons. The number of imidazole rings is 1. The maximum absolute atomic E-state index is 5.93. The number of hydrogen-bond donors (Lipinski definition) is 1. The average molecular weight is 301 g/mol. The number of aryl methyl sites for hydroxylation is 1. The van der Waals surface area contributed by atoms with E-state index >= 15 is 0 Å². The highest BCUT2D eigenvalue weighted by Crippen LogP contribution is 2.26. The summed E-state index contributed by atoms with van der Waals surface area (Å²) in [6.45, 7) is 2.96. The Morgan fingerprint density at radius 2 is 2.31 bits per heavy atom. The van der Waals surface area contributed by atoms with E-state index in [9.17, 15) is 0 Å². The molecule has 0 unspecified atom stereocenters. The standard InChI is InChI=1S/C11H11BrClN3/c1-2-16-6-5-14-11(16)15-8-3-4-10(13)9(12)7-8/h3-7H,2H2,1H3,(H,14,15). The van der Waals surface area contributed by atoms with Crippen LogP contribution in [-0.4, -0.2) is 9.55 Å². The molecule has 0 aliphatic heterocycles. The fourth-order valence-corrected chi connectivity index (χ4v) is 1.89. The summed E-state index contributed by atoms with van der Waals surface area (Å²) in [5.74, 6) is 0.830. The molecule has 5 heteroatoms. The first-order valence-electron chi connectivity index (χ1n) is 4.94. The van der Waals surface area contributed by atoms with E-state index in [2.05, 4.69) is 33.2 Å². The minimum atomic E-state index is 0.699. The van der Waals surface area contributed by atoms with Crippen LogP contribution < -0.4 is 5.32 Å². The van der Waals surface area contributed by atoms with E-state index in [-0.39, 0.29) is 0 Å². The molecule has 0 aliphatic carbocycles. The molecule has 0 aliphatic rings. The van der Waals surface area contributed by atoms with Crippen LogP contribution in [0, 0.1) is 0 Å². The van der Waals surface area contributed by atoms with Crippen molar-refractivity contribution in [3.05, 3.63) is 40.1 Å². The highest BCUT2D eigenvalue weighted by Gasteiger charge is 2.03. The molecule has 0 fully saturated rings. The molecule has 3 nitrogen and oxygen atoms in total. The van der Waals surface area contributed by atoms with Crippen molar-refractivity contribution in [3.63, 3.8) is 0 Å². The van der Waals surface area contributed by atoms with Gasteiger partial charge in [0.1, 0.15) is 0 Å². The zero-order valence-electron chi connectivity index (χ0n) is 8.74. The van der Waals surface area contributed by atoms with E-state index in [0.717, 1.165) is 22.7 Å². The highest BCUT2D eigenvalue weighted by molar-refractivity contribution is 9.10. The molecule has 1 N–H and O–H groups in total. The van der Waals surface area contributed by atoms with Crippen LogP contribution in [0.15, 0.2) is 35.1 Å². The molecule has 0 amide bonds. The zero-order valence-corrected chi connectivity index (χ0v) is 11.1. The van der Waals surface area contributed by atoms with Crippen LogP contribution >= 0.6 is 27.5 Å². The van der Waals surface area contributed by atoms with Gasteiger partial charge in [-0.1, -0.05) is 11.6 Å². The van der Waals surface area contributed by atoms with Crippen LogP contribution in [-0.2, 0) is 6.54 Å². The van der Waals surface area contributed by atoms with Gasteiger partial charge in [-0.3, -0.25) is 0 Å². The molecule has 2 rings (SSSR count). The summed E-state index contributed by atoms with van der Waals surface area (Å²) in [7, 11) is 0. The number of aromatic nitrogens is 2. The number of rotatable bonds is 3. The monoisotopic (exact) mass is 299 g/mol. The first-order chi connectivity index (χ1) is 7.70. The third-order valence-electron chi connectivity index (χ3n) is 2.23. The Hall–Kier alpha value is -1.000. The summed E-state index contributed by atoms with van der Waals surface area (Å²) in [6.07, 6.45) is 3.71. The van der Waals surface area contributed by atoms with E-state index in [1.165, 1.54) is 0 Å². The van der Waals surface area contributed by atoms with Crippen molar-refractivity contribution in [2.45, 2.75) is 13.5 Å². The third kappa shape index (κ3) is 2.39. The van der Waals surface area contributed by atoms with Gasteiger partial charge >= 0.3 is 0 Å². The van der Waals surface area contributed by atoms with Gasteiger partial charge in [-0.05, 0) is 41.1 Å². The maximum atomic E-state index is 5.93. The van der Waals surface area contributed by atoms with Crippen LogP contribution in [0.2, 0.25) is 5.02 Å². The zero-order chi connectivity index (χ0) is 11.5. The fourth-order valence-electron chi connectivity index (χ4n) is 1.39. The highest BCUT2D eigenvalue weighted by atomic mass is 79.9. The second-order valence-electron chi connectivity index (χ2n) is 3.29. The van der Waals surface area contributed by atoms with Crippen LogP contribution in [0.1, 0.15) is 6.92 Å². The number of anilines is 2. The molecule has 0 bridgehead atoms. The van der Waals surface area contributed by atoms with Gasteiger partial charge in [0.05, 0.1) is 5.02 Å². The summed E-state index contributed by atoms with van der Waals surface area (Å²) in [5.41, 5.74) is 0.956. The summed E-state index contributed by atoms with van der Waals surface area (Å²) >= 11 is 9.31. The van der Waals surface area contributed by atoms with Gasteiger partial charge in [-0.2, -0.15) is 0 Å². The summed E-state index contributed by atoms with van der Waals surface area (Å²) in [4.78, 5) is 4.24. The van der Waals surface area contributed by atoms with Gasteiger partial charge in [0.15, 0.2) is 0 Å². The second kappa shape index (κ2) is 4.89. The Morgan fingerprint density at radius 1 is 1.50 bits per heavy atom. The molecule has 0 spiro atoms. The predicted molar refractivity (Wildman–Crippen MR) is 70.3 cm³/mol. The van der Waals surface area contributed by atoms with Crippen molar-refractivity contribution in [3.8, 4) is 0 Å². The van der Waals surface area contributed by atoms with Crippen LogP contribution in [0.4, 0.5) is 11.6 Å². The molecule has 0 atom stereocenters. The van der Waals surface area contributed by atoms with Crippen molar-refractivity contribution in [1.82, 2.24) is 9.55 Å². The number of halogens is 2. The van der Waals surface area contributed by atoms with E-state index in [1.54, 1.807) is 6.20 Å². The lowest BCUT2D eigenvalue weighted by Gasteiger charge is -2.08. The lowest BCUT2D eigenvalue weighted by Crippen LogP contribution is -2.01. The van der Waals surface area contributed by atoms with Crippen molar-refractivity contribution < 1.29 is 0 Å². The average Bonchev–Trinajstić information content (AvgIpc) is 2.71. The van der Waals surface area contributed by atoms with Gasteiger partial charge in [-0.15, -0.1) is 0 Å². The molecule has 16 heavy (non-hydrogen) atoms. The van der Waals surface area contributed by atoms with Crippen LogP contribution in [0.25, 0.3) is 0 Å². The van der Waals surface area contributed by atoms with Gasteiger partial charge in [-0.25, -0.2) is 4.98 Å². The molecule has 2 aromatic rings. The molecule has 84 valence electrons. The van der Waals surface area contributed by atoms with Gasteiger partial charge in [0, 0.05) is 29.1 Å². The van der Waals surface area contributed by atoms with Crippen LogP contribution in [0.5, 0.6) is 0 Å². The molecular formula is C11H11BrClN3. The minimum Gasteiger partial charge on any atom is -0.326 e. The quantitative estimate of drug-likeness (QED) is 0.926. The number of nitrogens with one attached hydrogen (secondary N) is 1. The maximum Gasteiger partial charge on any atom is 0.207 e. The Morgan fingerprint density at radius 3 is 3.00 bits per heavy atom. The van der Waals surface area contributed by atoms with E-state index in [1.807, 2.05) is 29.0 Å². The normalized spacial score (nSPS) is 10.4. The minimum absolute atomic E-state index is 0.699. The molecular weight excluding hydrogens is 289 g/mol. The molecule has 1 heterocycles. The lowest BCUT2D eigenvalue weighted by atomic mass is 10.3. The summed E-state index contributed by atoms with van der Waals surface area (Å²) < 4.78 is 2.90. The third-order valence-corrected chi connectivity index (χ3v) is 3.45. The van der Waals surface area contributed by atoms with E-state index < -0.39 is 0 Å². The summed E-state index contributed by atoms with van der Waals surface area (Å²) in [6, 6.07) is 5.69. The van der Waals surface area contributed by atoms with Gasteiger partial charge in [0.25, 0.3) is 0 Å². The predicted octanol–water partition coefficient (Wildman–Crippen LogP) is 4.06. The first-order valence-corrected chi connectivity index (χ1v) is 6.11.